The third kappa shape index (κ3) is 3.51. The summed E-state index contributed by atoms with van der Waals surface area (Å²) in [6, 6.07) is 13.0. The third-order valence-electron chi connectivity index (χ3n) is 4.88. The van der Waals surface area contributed by atoms with E-state index in [0.29, 0.717) is 23.0 Å². The molecule has 1 aliphatic heterocycles. The lowest BCUT2D eigenvalue weighted by molar-refractivity contribution is -0.137. The molecule has 1 atom stereocenters. The van der Waals surface area contributed by atoms with Crippen LogP contribution in [0.4, 0.5) is 14.5 Å². The van der Waals surface area contributed by atoms with E-state index in [-0.39, 0.29) is 18.7 Å². The van der Waals surface area contributed by atoms with Crippen LogP contribution >= 0.6 is 0 Å². The van der Waals surface area contributed by atoms with Gasteiger partial charge in [-0.1, -0.05) is 18.2 Å². The lowest BCUT2D eigenvalue weighted by atomic mass is 9.88. The minimum atomic E-state index is -1.56. The lowest BCUT2D eigenvalue weighted by Gasteiger charge is -2.37. The molecule has 0 radical (unpaired) electrons. The summed E-state index contributed by atoms with van der Waals surface area (Å²) in [7, 11) is 0. The Morgan fingerprint density at radius 3 is 2.66 bits per heavy atom. The molecular weight excluding hydrogens is 380 g/mol. The number of carbonyl (C=O) groups is 2. The van der Waals surface area contributed by atoms with Crippen LogP contribution in [0.25, 0.3) is 0 Å². The van der Waals surface area contributed by atoms with Gasteiger partial charge in [-0.25, -0.2) is 13.6 Å². The molecule has 1 aromatic heterocycles. The van der Waals surface area contributed by atoms with Gasteiger partial charge in [-0.2, -0.15) is 0 Å². The van der Waals surface area contributed by atoms with Crippen LogP contribution in [0.2, 0.25) is 0 Å². The predicted molar refractivity (Wildman–Crippen MR) is 100 cm³/mol. The molecule has 0 spiro atoms. The molecule has 1 amide bonds. The van der Waals surface area contributed by atoms with Gasteiger partial charge in [0, 0.05) is 12.5 Å². The van der Waals surface area contributed by atoms with Gasteiger partial charge < -0.3 is 9.15 Å². The number of halogens is 2. The van der Waals surface area contributed by atoms with Crippen molar-refractivity contribution in [2.75, 3.05) is 4.90 Å². The molecule has 29 heavy (non-hydrogen) atoms. The second-order valence-electron chi connectivity index (χ2n) is 7.02. The van der Waals surface area contributed by atoms with Gasteiger partial charge in [-0.05, 0) is 42.8 Å². The van der Waals surface area contributed by atoms with Crippen LogP contribution in [0.5, 0.6) is 0 Å². The first-order chi connectivity index (χ1) is 13.9. The Labute approximate surface area is 165 Å². The number of hydrogen-bond acceptors (Lipinski definition) is 4. The van der Waals surface area contributed by atoms with Crippen molar-refractivity contribution >= 4 is 17.6 Å². The van der Waals surface area contributed by atoms with Gasteiger partial charge in [0.25, 0.3) is 5.91 Å². The van der Waals surface area contributed by atoms with E-state index in [2.05, 4.69) is 0 Å². The molecule has 0 bridgehead atoms. The Morgan fingerprint density at radius 2 is 1.93 bits per heavy atom. The maximum atomic E-state index is 14.5. The van der Waals surface area contributed by atoms with Crippen molar-refractivity contribution in [2.45, 2.75) is 25.5 Å². The summed E-state index contributed by atoms with van der Waals surface area (Å²) in [4.78, 5) is 27.0. The Morgan fingerprint density at radius 1 is 1.14 bits per heavy atom. The van der Waals surface area contributed by atoms with Crippen LogP contribution < -0.4 is 4.90 Å². The minimum absolute atomic E-state index is 0.108. The molecular formula is C22H17F2NO4. The maximum Gasteiger partial charge on any atom is 0.339 e. The molecule has 7 heteroatoms. The number of fused-ring (bicyclic) bond motifs is 1. The van der Waals surface area contributed by atoms with Crippen molar-refractivity contribution in [1.82, 2.24) is 0 Å². The zero-order chi connectivity index (χ0) is 20.6. The molecule has 1 aliphatic rings. The molecule has 3 aromatic rings. The van der Waals surface area contributed by atoms with E-state index in [4.69, 9.17) is 9.15 Å². The molecule has 5 nitrogen and oxygen atoms in total. The van der Waals surface area contributed by atoms with E-state index in [1.807, 2.05) is 0 Å². The van der Waals surface area contributed by atoms with Crippen LogP contribution in [-0.4, -0.2) is 17.5 Å². The fraction of sp³-hybridized carbons (Fsp3) is 0.182. The first-order valence-corrected chi connectivity index (χ1v) is 8.98. The van der Waals surface area contributed by atoms with Gasteiger partial charge in [0.15, 0.2) is 5.60 Å². The van der Waals surface area contributed by atoms with Crippen LogP contribution in [-0.2, 0) is 22.5 Å². The molecule has 4 rings (SSSR count). The van der Waals surface area contributed by atoms with E-state index in [0.717, 1.165) is 11.0 Å². The topological polar surface area (TPSA) is 59.8 Å². The molecule has 2 aromatic carbocycles. The minimum Gasteiger partial charge on any atom is -0.467 e. The first kappa shape index (κ1) is 18.9. The molecule has 0 saturated carbocycles. The first-order valence-electron chi connectivity index (χ1n) is 8.98. The standard InChI is InChI=1S/C22H17F2NO4/c1-22(12-14-5-2-3-7-17(14)20(26)29-22)21(27)25(13-16-6-4-10-28-16)19-9-8-15(23)11-18(19)24/h2-11H,12-13H2,1H3. The van der Waals surface area contributed by atoms with Crippen LogP contribution in [0, 0.1) is 11.6 Å². The number of ether oxygens (including phenoxy) is 1. The number of carbonyl (C=O) groups excluding carboxylic acids is 2. The smallest absolute Gasteiger partial charge is 0.339 e. The normalized spacial score (nSPS) is 18.1. The van der Waals surface area contributed by atoms with E-state index in [1.165, 1.54) is 19.3 Å². The molecule has 0 aliphatic carbocycles. The molecule has 0 N–H and O–H groups in total. The molecule has 2 heterocycles. The van der Waals surface area contributed by atoms with Gasteiger partial charge in [0.05, 0.1) is 24.1 Å². The Kier molecular flexibility index (Phi) is 4.66. The fourth-order valence-corrected chi connectivity index (χ4v) is 3.46. The van der Waals surface area contributed by atoms with Crippen molar-refractivity contribution in [1.29, 1.82) is 0 Å². The van der Waals surface area contributed by atoms with Crippen LogP contribution in [0.15, 0.2) is 65.3 Å². The highest BCUT2D eigenvalue weighted by molar-refractivity contribution is 6.03. The van der Waals surface area contributed by atoms with Crippen molar-refractivity contribution in [2.24, 2.45) is 0 Å². The summed E-state index contributed by atoms with van der Waals surface area (Å²) in [5.41, 5.74) is -0.636. The zero-order valence-corrected chi connectivity index (χ0v) is 15.5. The SMILES string of the molecule is CC1(C(=O)N(Cc2ccco2)c2ccc(F)cc2F)Cc2ccccc2C(=O)O1. The van der Waals surface area contributed by atoms with E-state index >= 15 is 0 Å². The van der Waals surface area contributed by atoms with Gasteiger partial charge in [0.2, 0.25) is 0 Å². The molecule has 148 valence electrons. The van der Waals surface area contributed by atoms with Gasteiger partial charge in [-0.15, -0.1) is 0 Å². The van der Waals surface area contributed by atoms with Crippen molar-refractivity contribution in [3.05, 3.63) is 89.4 Å². The van der Waals surface area contributed by atoms with E-state index < -0.39 is 29.1 Å². The number of anilines is 1. The molecule has 0 fully saturated rings. The predicted octanol–water partition coefficient (Wildman–Crippen LogP) is 4.26. The Hall–Kier alpha value is -3.48. The number of nitrogens with zero attached hydrogens (tertiary/aromatic N) is 1. The summed E-state index contributed by atoms with van der Waals surface area (Å²) >= 11 is 0. The number of hydrogen-bond donors (Lipinski definition) is 0. The summed E-state index contributed by atoms with van der Waals surface area (Å²) in [6.45, 7) is 1.38. The quantitative estimate of drug-likeness (QED) is 0.617. The Balaban J connectivity index is 1.74. The number of benzene rings is 2. The maximum absolute atomic E-state index is 14.5. The van der Waals surface area contributed by atoms with Crippen molar-refractivity contribution in [3.63, 3.8) is 0 Å². The average molecular weight is 397 g/mol. The summed E-state index contributed by atoms with van der Waals surface area (Å²) < 4.78 is 38.7. The monoisotopic (exact) mass is 397 g/mol. The lowest BCUT2D eigenvalue weighted by Crippen LogP contribution is -2.53. The summed E-state index contributed by atoms with van der Waals surface area (Å²) in [6.07, 6.45) is 1.56. The number of cyclic esters (lactones) is 1. The van der Waals surface area contributed by atoms with Crippen molar-refractivity contribution in [3.8, 4) is 0 Å². The number of furan rings is 1. The van der Waals surface area contributed by atoms with E-state index in [1.54, 1.807) is 36.4 Å². The second kappa shape index (κ2) is 7.16. The summed E-state index contributed by atoms with van der Waals surface area (Å²) in [5, 5.41) is 0. The summed E-state index contributed by atoms with van der Waals surface area (Å²) in [5.74, 6) is -2.53. The zero-order valence-electron chi connectivity index (χ0n) is 15.5. The highest BCUT2D eigenvalue weighted by Gasteiger charge is 2.45. The fourth-order valence-electron chi connectivity index (χ4n) is 3.46. The van der Waals surface area contributed by atoms with Gasteiger partial charge in [0.1, 0.15) is 17.4 Å². The average Bonchev–Trinajstić information content (AvgIpc) is 3.19. The van der Waals surface area contributed by atoms with Gasteiger partial charge in [-0.3, -0.25) is 9.69 Å². The van der Waals surface area contributed by atoms with E-state index in [9.17, 15) is 18.4 Å². The second-order valence-corrected chi connectivity index (χ2v) is 7.02. The van der Waals surface area contributed by atoms with Gasteiger partial charge >= 0.3 is 5.97 Å². The number of amides is 1. The number of rotatable bonds is 4. The molecule has 0 saturated heterocycles. The van der Waals surface area contributed by atoms with Crippen molar-refractivity contribution < 1.29 is 27.5 Å². The number of esters is 1. The Bertz CT molecular complexity index is 1080. The van der Waals surface area contributed by atoms with Crippen LogP contribution in [0.3, 0.4) is 0 Å². The van der Waals surface area contributed by atoms with Crippen LogP contribution in [0.1, 0.15) is 28.6 Å². The largest absolute Gasteiger partial charge is 0.467 e. The highest BCUT2D eigenvalue weighted by atomic mass is 19.1. The molecule has 1 unspecified atom stereocenters. The highest BCUT2D eigenvalue weighted by Crippen LogP contribution is 2.33. The third-order valence-corrected chi connectivity index (χ3v) is 4.88.